The molecule has 0 rings (SSSR count). The van der Waals surface area contributed by atoms with Gasteiger partial charge < -0.3 is 25.4 Å². The summed E-state index contributed by atoms with van der Waals surface area (Å²) in [5.74, 6) is 0. The monoisotopic (exact) mass is 232 g/mol. The lowest BCUT2D eigenvalue weighted by atomic mass is 10.4. The fourth-order valence-electron chi connectivity index (χ4n) is 0.245. The van der Waals surface area contributed by atoms with E-state index >= 15 is 0 Å². The summed E-state index contributed by atoms with van der Waals surface area (Å²) in [7, 11) is 1.47. The first-order chi connectivity index (χ1) is 6.77. The summed E-state index contributed by atoms with van der Waals surface area (Å²) in [5.41, 5.74) is 0. The maximum atomic E-state index is 8.48. The molecule has 0 saturated heterocycles. The van der Waals surface area contributed by atoms with Gasteiger partial charge in [0.25, 0.3) is 10.2 Å². The molecule has 15 heavy (non-hydrogen) atoms. The first-order valence-corrected chi connectivity index (χ1v) is 3.22. The molecular weight excluding hydrogens is 220 g/mol. The van der Waals surface area contributed by atoms with E-state index in [0.717, 1.165) is 0 Å². The van der Waals surface area contributed by atoms with E-state index in [0.29, 0.717) is 0 Å². The Kier molecular flexibility index (Phi) is 18.7. The molecule has 0 fully saturated rings. The molecule has 4 N–H and O–H groups in total. The second-order valence-corrected chi connectivity index (χ2v) is 1.77. The maximum Gasteiger partial charge on any atom is 0.291 e. The highest BCUT2D eigenvalue weighted by Gasteiger charge is 1.96. The summed E-state index contributed by atoms with van der Waals surface area (Å²) in [6.07, 6.45) is -0.718. The van der Waals surface area contributed by atoms with Crippen LogP contribution >= 0.6 is 0 Å². The molecule has 0 aromatic heterocycles. The molecule has 11 nitrogen and oxygen atoms in total. The Morgan fingerprint density at radius 1 is 1.27 bits per heavy atom. The molecule has 0 spiro atoms. The third kappa shape index (κ3) is 121. The highest BCUT2D eigenvalue weighted by Crippen LogP contribution is 1.77. The van der Waals surface area contributed by atoms with Crippen molar-refractivity contribution in [2.45, 2.75) is 6.10 Å². The van der Waals surface area contributed by atoms with E-state index in [9.17, 15) is 0 Å². The van der Waals surface area contributed by atoms with Crippen LogP contribution in [0, 0.1) is 20.2 Å². The summed E-state index contributed by atoms with van der Waals surface area (Å²) < 4.78 is 4.48. The van der Waals surface area contributed by atoms with Crippen LogP contribution in [0.3, 0.4) is 0 Å². The summed E-state index contributed by atoms with van der Waals surface area (Å²) >= 11 is 0. The number of aliphatic hydroxyl groups excluding tert-OH is 2. The van der Waals surface area contributed by atoms with Gasteiger partial charge in [-0.25, -0.2) is 0 Å². The first-order valence-electron chi connectivity index (χ1n) is 3.22. The second kappa shape index (κ2) is 14.8. The Hall–Kier alpha value is -1.72. The maximum absolute atomic E-state index is 8.48. The summed E-state index contributed by atoms with van der Waals surface area (Å²) in [5, 5.41) is 43.9. The van der Waals surface area contributed by atoms with E-state index in [4.69, 9.17) is 40.9 Å². The molecule has 0 bridgehead atoms. The Morgan fingerprint density at radius 3 is 1.60 bits per heavy atom. The normalized spacial score (nSPS) is 9.80. The second-order valence-electron chi connectivity index (χ2n) is 1.77. The van der Waals surface area contributed by atoms with Gasteiger partial charge in [-0.05, 0) is 0 Å². The Morgan fingerprint density at radius 2 is 1.53 bits per heavy atom. The topological polar surface area (TPSA) is 176 Å². The van der Waals surface area contributed by atoms with E-state index in [2.05, 4.69) is 4.74 Å². The van der Waals surface area contributed by atoms with Crippen LogP contribution in [0.15, 0.2) is 0 Å². The smallest absolute Gasteiger partial charge is 0.291 e. The molecule has 0 aromatic rings. The van der Waals surface area contributed by atoms with E-state index in [1.807, 2.05) is 0 Å². The number of aliphatic hydroxyl groups is 2. The quantitative estimate of drug-likeness (QED) is 0.325. The Bertz CT molecular complexity index is 142. The van der Waals surface area contributed by atoms with Crippen LogP contribution in [0.1, 0.15) is 0 Å². The number of hydrogen-bond donors (Lipinski definition) is 4. The average molecular weight is 232 g/mol. The van der Waals surface area contributed by atoms with Gasteiger partial charge >= 0.3 is 0 Å². The predicted molar refractivity (Wildman–Crippen MR) is 42.5 cm³/mol. The fraction of sp³-hybridized carbons (Fsp3) is 1.00. The zero-order chi connectivity index (χ0) is 12.9. The van der Waals surface area contributed by atoms with Gasteiger partial charge in [0.1, 0.15) is 6.10 Å². The van der Waals surface area contributed by atoms with Crippen molar-refractivity contribution in [1.29, 1.82) is 0 Å². The van der Waals surface area contributed by atoms with Gasteiger partial charge in [-0.2, -0.15) is 0 Å². The SMILES string of the molecule is COCC(O)CO.O=[N+]([O-])O.O=[N+]([O-])O. The minimum absolute atomic E-state index is 0.205. The number of methoxy groups -OCH3 is 1. The van der Waals surface area contributed by atoms with Crippen LogP contribution in [0.5, 0.6) is 0 Å². The minimum Gasteiger partial charge on any atom is -0.394 e. The van der Waals surface area contributed by atoms with Crippen LogP contribution in [-0.4, -0.2) is 57.2 Å². The first kappa shape index (κ1) is 18.9. The van der Waals surface area contributed by atoms with Crippen molar-refractivity contribution in [3.05, 3.63) is 20.2 Å². The van der Waals surface area contributed by atoms with Crippen LogP contribution in [0.4, 0.5) is 0 Å². The molecule has 1 unspecified atom stereocenters. The van der Waals surface area contributed by atoms with Crippen molar-refractivity contribution in [2.75, 3.05) is 20.3 Å². The lowest BCUT2D eigenvalue weighted by Gasteiger charge is -2.01. The van der Waals surface area contributed by atoms with Crippen molar-refractivity contribution in [3.8, 4) is 0 Å². The van der Waals surface area contributed by atoms with Gasteiger partial charge in [-0.3, -0.25) is 0 Å². The average Bonchev–Trinajstić information content (AvgIpc) is 2.02. The number of rotatable bonds is 3. The van der Waals surface area contributed by atoms with Crippen LogP contribution in [0.25, 0.3) is 0 Å². The largest absolute Gasteiger partial charge is 0.394 e. The highest BCUT2D eigenvalue weighted by molar-refractivity contribution is 4.46. The summed E-state index contributed by atoms with van der Waals surface area (Å²) in [6.45, 7) is -0.0235. The van der Waals surface area contributed by atoms with Gasteiger partial charge in [-0.1, -0.05) is 0 Å². The van der Waals surface area contributed by atoms with E-state index in [1.54, 1.807) is 0 Å². The molecule has 0 amide bonds. The van der Waals surface area contributed by atoms with E-state index < -0.39 is 16.3 Å². The zero-order valence-corrected chi connectivity index (χ0v) is 7.72. The molecule has 11 heteroatoms. The molecule has 0 aliphatic carbocycles. The van der Waals surface area contributed by atoms with Crippen molar-refractivity contribution in [1.82, 2.24) is 0 Å². The number of nitrogens with zero attached hydrogens (tertiary/aromatic N) is 2. The van der Waals surface area contributed by atoms with Crippen molar-refractivity contribution < 1.29 is 35.5 Å². The van der Waals surface area contributed by atoms with Crippen molar-refractivity contribution in [2.24, 2.45) is 0 Å². The fourth-order valence-corrected chi connectivity index (χ4v) is 0.245. The molecular formula is C4H12N2O9. The zero-order valence-electron chi connectivity index (χ0n) is 7.72. The summed E-state index contributed by atoms with van der Waals surface area (Å²) in [6, 6.07) is 0. The Labute approximate surface area is 83.4 Å². The molecule has 0 saturated carbocycles. The highest BCUT2D eigenvalue weighted by atomic mass is 16.9. The predicted octanol–water partition coefficient (Wildman–Crippen LogP) is -1.71. The minimum atomic E-state index is -1.50. The molecule has 0 aliphatic rings. The van der Waals surface area contributed by atoms with Gasteiger partial charge in [-0.15, -0.1) is 20.2 Å². The standard InChI is InChI=1S/C4H10O3.2HNO3/c1-7-3-4(6)2-5;2*2-1(3)4/h4-6H,2-3H2,1H3;2*(H,2,3,4). The molecule has 1 atom stereocenters. The van der Waals surface area contributed by atoms with E-state index in [1.165, 1.54) is 7.11 Å². The van der Waals surface area contributed by atoms with Gasteiger partial charge in [0, 0.05) is 7.11 Å². The molecule has 0 aliphatic heterocycles. The lowest BCUT2D eigenvalue weighted by molar-refractivity contribution is -0.742. The third-order valence-electron chi connectivity index (χ3n) is 0.570. The Balaban J connectivity index is -0.000000155. The molecule has 0 heterocycles. The number of hydrogen-bond acceptors (Lipinski definition) is 7. The van der Waals surface area contributed by atoms with Gasteiger partial charge in [0.2, 0.25) is 0 Å². The van der Waals surface area contributed by atoms with E-state index in [-0.39, 0.29) is 13.2 Å². The van der Waals surface area contributed by atoms with Gasteiger partial charge in [0.15, 0.2) is 0 Å². The van der Waals surface area contributed by atoms with Crippen molar-refractivity contribution >= 4 is 0 Å². The molecule has 0 aromatic carbocycles. The summed E-state index contributed by atoms with van der Waals surface area (Å²) in [4.78, 5) is 16.7. The van der Waals surface area contributed by atoms with Crippen LogP contribution in [-0.2, 0) is 4.74 Å². The van der Waals surface area contributed by atoms with Crippen LogP contribution in [0.2, 0.25) is 0 Å². The van der Waals surface area contributed by atoms with Crippen LogP contribution < -0.4 is 0 Å². The third-order valence-corrected chi connectivity index (χ3v) is 0.570. The van der Waals surface area contributed by atoms with Gasteiger partial charge in [0.05, 0.1) is 13.2 Å². The molecule has 92 valence electrons. The van der Waals surface area contributed by atoms with Crippen molar-refractivity contribution in [3.63, 3.8) is 0 Å². The number of ether oxygens (including phenoxy) is 1. The molecule has 0 radical (unpaired) electrons. The lowest BCUT2D eigenvalue weighted by Crippen LogP contribution is -2.17.